The van der Waals surface area contributed by atoms with Gasteiger partial charge in [-0.05, 0) is 4.92 Å². The Balaban J connectivity index is 1.81. The van der Waals surface area contributed by atoms with E-state index in [9.17, 15) is 14.7 Å². The smallest absolute Gasteiger partial charge is 0.390 e. The number of nitro groups is 1. The summed E-state index contributed by atoms with van der Waals surface area (Å²) in [5, 5.41) is 11.0. The van der Waals surface area contributed by atoms with Gasteiger partial charge in [0, 0.05) is 32.6 Å². The monoisotopic (exact) mass is 315 g/mol. The van der Waals surface area contributed by atoms with E-state index >= 15 is 0 Å². The predicted octanol–water partition coefficient (Wildman–Crippen LogP) is 1.15. The van der Waals surface area contributed by atoms with Crippen molar-refractivity contribution in [3.05, 3.63) is 21.5 Å². The Morgan fingerprint density at radius 3 is 2.33 bits per heavy atom. The van der Waals surface area contributed by atoms with Gasteiger partial charge in [-0.15, -0.1) is 0 Å². The number of imidazole rings is 1. The quantitative estimate of drug-likeness (QED) is 0.322. The van der Waals surface area contributed by atoms with Crippen molar-refractivity contribution in [2.24, 2.45) is 7.05 Å². The fraction of sp³-hybridized carbons (Fsp3) is 0.727. The minimum Gasteiger partial charge on any atom is -0.390 e. The number of aromatic nitrogens is 2. The molecule has 1 aromatic rings. The summed E-state index contributed by atoms with van der Waals surface area (Å²) in [7, 11) is -1.33. The molecule has 0 N–H and O–H groups in total. The van der Waals surface area contributed by atoms with E-state index in [4.69, 9.17) is 4.52 Å². The number of hydrogen-bond acceptors (Lipinski definition) is 5. The molecular weight excluding hydrogens is 297 g/mol. The van der Waals surface area contributed by atoms with Gasteiger partial charge in [-0.25, -0.2) is 13.9 Å². The summed E-state index contributed by atoms with van der Waals surface area (Å²) in [4.78, 5) is 14.5. The maximum absolute atomic E-state index is 12.8. The average molecular weight is 315 g/mol. The van der Waals surface area contributed by atoms with Crippen molar-refractivity contribution in [1.82, 2.24) is 18.9 Å². The molecule has 0 saturated carbocycles. The Morgan fingerprint density at radius 1 is 1.33 bits per heavy atom. The third-order valence-corrected chi connectivity index (χ3v) is 6.40. The molecule has 3 rings (SSSR count). The molecule has 3 heterocycles. The van der Waals surface area contributed by atoms with Crippen LogP contribution in [0.15, 0.2) is 0 Å². The van der Waals surface area contributed by atoms with Gasteiger partial charge < -0.3 is 10.1 Å². The minimum atomic E-state index is -2.92. The van der Waals surface area contributed by atoms with Crippen molar-refractivity contribution < 1.29 is 14.0 Å². The first-order valence-electron chi connectivity index (χ1n) is 6.91. The Hall–Kier alpha value is -1.28. The fourth-order valence-corrected chi connectivity index (χ4v) is 4.45. The standard InChI is InChI=1S/C11H18N5O4P/c1-3-9-10(13(2)11(12-9)16(17)18)8-20-21(19,14-4-5-14)15-6-7-15/h3-8H2,1-2H3. The van der Waals surface area contributed by atoms with Gasteiger partial charge in [0.05, 0.1) is 7.05 Å². The Kier molecular flexibility index (Phi) is 3.61. The van der Waals surface area contributed by atoms with Gasteiger partial charge in [-0.2, -0.15) is 0 Å². The molecule has 2 aliphatic rings. The van der Waals surface area contributed by atoms with Crippen LogP contribution < -0.4 is 0 Å². The third-order valence-electron chi connectivity index (χ3n) is 3.70. The van der Waals surface area contributed by atoms with Crippen molar-refractivity contribution in [2.45, 2.75) is 20.0 Å². The lowest BCUT2D eigenvalue weighted by atomic mass is 10.3. The SMILES string of the molecule is CCc1nc([N+](=O)[O-])n(C)c1COP(=O)(N1CC1)N1CC1. The summed E-state index contributed by atoms with van der Waals surface area (Å²) in [6.07, 6.45) is 0.568. The first kappa shape index (κ1) is 14.6. The van der Waals surface area contributed by atoms with E-state index in [1.807, 2.05) is 16.3 Å². The predicted molar refractivity (Wildman–Crippen MR) is 74.8 cm³/mol. The van der Waals surface area contributed by atoms with Crippen molar-refractivity contribution in [3.63, 3.8) is 0 Å². The molecule has 0 bridgehead atoms. The first-order valence-corrected chi connectivity index (χ1v) is 8.44. The molecule has 10 heteroatoms. The Labute approximate surface area is 122 Å². The van der Waals surface area contributed by atoms with Gasteiger partial charge in [0.2, 0.25) is 0 Å². The zero-order valence-corrected chi connectivity index (χ0v) is 13.0. The molecule has 0 aliphatic carbocycles. The van der Waals surface area contributed by atoms with Crippen LogP contribution in [0.2, 0.25) is 0 Å². The van der Waals surface area contributed by atoms with Gasteiger partial charge in [-0.3, -0.25) is 9.09 Å². The highest BCUT2D eigenvalue weighted by Gasteiger charge is 2.49. The number of hydrogen-bond donors (Lipinski definition) is 0. The molecule has 2 saturated heterocycles. The van der Waals surface area contributed by atoms with E-state index in [1.54, 1.807) is 7.05 Å². The molecule has 0 spiro atoms. The highest BCUT2D eigenvalue weighted by molar-refractivity contribution is 7.54. The Bertz CT molecular complexity index is 606. The lowest BCUT2D eigenvalue weighted by molar-refractivity contribution is -0.396. The van der Waals surface area contributed by atoms with Crippen LogP contribution in [0.1, 0.15) is 18.3 Å². The molecule has 0 unspecified atom stereocenters. The summed E-state index contributed by atoms with van der Waals surface area (Å²) in [5.41, 5.74) is 1.24. The highest BCUT2D eigenvalue weighted by atomic mass is 31.2. The molecule has 0 atom stereocenters. The first-order chi connectivity index (χ1) is 9.97. The van der Waals surface area contributed by atoms with E-state index in [1.165, 1.54) is 4.57 Å². The molecule has 0 radical (unpaired) electrons. The van der Waals surface area contributed by atoms with Crippen LogP contribution in [0.4, 0.5) is 5.95 Å². The van der Waals surface area contributed by atoms with Crippen molar-refractivity contribution >= 4 is 13.6 Å². The zero-order valence-electron chi connectivity index (χ0n) is 12.1. The lowest BCUT2D eigenvalue weighted by Crippen LogP contribution is -2.10. The van der Waals surface area contributed by atoms with Gasteiger partial charge in [-0.1, -0.05) is 11.9 Å². The van der Waals surface area contributed by atoms with Gasteiger partial charge in [0.25, 0.3) is 0 Å². The molecule has 9 nitrogen and oxygen atoms in total. The van der Waals surface area contributed by atoms with Crippen LogP contribution in [0.25, 0.3) is 0 Å². The second kappa shape index (κ2) is 5.17. The normalized spacial score (nSPS) is 19.0. The van der Waals surface area contributed by atoms with Crippen LogP contribution in [-0.2, 0) is 29.2 Å². The Morgan fingerprint density at radius 2 is 1.90 bits per heavy atom. The van der Waals surface area contributed by atoms with Gasteiger partial charge in [0.1, 0.15) is 12.3 Å². The van der Waals surface area contributed by atoms with Crippen molar-refractivity contribution in [1.29, 1.82) is 0 Å². The average Bonchev–Trinajstić information content (AvgIpc) is 3.32. The summed E-state index contributed by atoms with van der Waals surface area (Å²) in [6, 6.07) is 0. The second-order valence-electron chi connectivity index (χ2n) is 5.15. The van der Waals surface area contributed by atoms with Crippen LogP contribution in [0.5, 0.6) is 0 Å². The third kappa shape index (κ3) is 2.62. The molecule has 2 fully saturated rings. The fourth-order valence-electron chi connectivity index (χ4n) is 2.28. The summed E-state index contributed by atoms with van der Waals surface area (Å²) in [6.45, 7) is 5.06. The molecular formula is C11H18N5O4P. The number of aryl methyl sites for hydroxylation is 1. The molecule has 21 heavy (non-hydrogen) atoms. The van der Waals surface area contributed by atoms with Gasteiger partial charge in [0.15, 0.2) is 5.69 Å². The van der Waals surface area contributed by atoms with Crippen molar-refractivity contribution in [2.75, 3.05) is 26.2 Å². The molecule has 0 aromatic carbocycles. The summed E-state index contributed by atoms with van der Waals surface area (Å²) in [5.74, 6) is -0.210. The summed E-state index contributed by atoms with van der Waals surface area (Å²) < 4.78 is 23.6. The van der Waals surface area contributed by atoms with Crippen LogP contribution in [0, 0.1) is 10.1 Å². The largest absolute Gasteiger partial charge is 0.434 e. The topological polar surface area (TPSA) is 93.3 Å². The van der Waals surface area contributed by atoms with E-state index < -0.39 is 12.6 Å². The second-order valence-corrected chi connectivity index (χ2v) is 7.52. The van der Waals surface area contributed by atoms with E-state index in [0.29, 0.717) is 17.8 Å². The molecule has 1 aromatic heterocycles. The molecule has 0 amide bonds. The van der Waals surface area contributed by atoms with Gasteiger partial charge >= 0.3 is 13.6 Å². The number of nitrogens with zero attached hydrogens (tertiary/aromatic N) is 5. The molecule has 116 valence electrons. The maximum Gasteiger partial charge on any atom is 0.434 e. The van der Waals surface area contributed by atoms with Crippen LogP contribution in [0.3, 0.4) is 0 Å². The van der Waals surface area contributed by atoms with E-state index in [0.717, 1.165) is 26.2 Å². The maximum atomic E-state index is 12.8. The van der Waals surface area contributed by atoms with Crippen LogP contribution >= 0.6 is 7.67 Å². The van der Waals surface area contributed by atoms with Crippen molar-refractivity contribution in [3.8, 4) is 0 Å². The highest BCUT2D eigenvalue weighted by Crippen LogP contribution is 2.61. The summed E-state index contributed by atoms with van der Waals surface area (Å²) >= 11 is 0. The molecule has 2 aliphatic heterocycles. The van der Waals surface area contributed by atoms with E-state index in [2.05, 4.69) is 4.98 Å². The number of rotatable bonds is 7. The minimum absolute atomic E-state index is 0.0742. The van der Waals surface area contributed by atoms with Crippen LogP contribution in [-0.4, -0.2) is 50.0 Å². The zero-order chi connectivity index (χ0) is 15.2. The van der Waals surface area contributed by atoms with E-state index in [-0.39, 0.29) is 12.6 Å². The lowest BCUT2D eigenvalue weighted by Gasteiger charge is -2.19.